The summed E-state index contributed by atoms with van der Waals surface area (Å²) in [5.74, 6) is -0.143. The van der Waals surface area contributed by atoms with E-state index in [-0.39, 0.29) is 10.6 Å². The van der Waals surface area contributed by atoms with Crippen molar-refractivity contribution < 1.29 is 13.9 Å². The molecule has 0 aliphatic carbocycles. The van der Waals surface area contributed by atoms with Gasteiger partial charge in [-0.15, -0.1) is 0 Å². The van der Waals surface area contributed by atoms with Crippen molar-refractivity contribution in [3.63, 3.8) is 0 Å². The summed E-state index contributed by atoms with van der Waals surface area (Å²) in [6.45, 7) is 5.44. The summed E-state index contributed by atoms with van der Waals surface area (Å²) in [5, 5.41) is 9.22. The zero-order valence-corrected chi connectivity index (χ0v) is 18.0. The molecule has 0 saturated carbocycles. The van der Waals surface area contributed by atoms with Crippen LogP contribution in [0.3, 0.4) is 0 Å². The first-order valence-electron chi connectivity index (χ1n) is 9.72. The molecule has 0 amide bonds. The van der Waals surface area contributed by atoms with E-state index in [1.165, 1.54) is 30.3 Å². The van der Waals surface area contributed by atoms with Crippen LogP contribution in [0, 0.1) is 5.41 Å². The molecular weight excluding hydrogens is 398 g/mol. The summed E-state index contributed by atoms with van der Waals surface area (Å²) in [6, 6.07) is 14.8. The molecule has 5 nitrogen and oxygen atoms in total. The number of aryl methyl sites for hydroxylation is 1. The SMILES string of the molecule is CC/C(=C\c1ccc(CC)cc1)SC(=N)c1cc2ccc(OC(C)=O)cc2oc1=O. The van der Waals surface area contributed by atoms with E-state index in [1.54, 1.807) is 18.2 Å². The molecule has 1 heterocycles. The molecule has 3 aromatic rings. The highest BCUT2D eigenvalue weighted by Gasteiger charge is 2.14. The fraction of sp³-hybridized carbons (Fsp3) is 0.208. The van der Waals surface area contributed by atoms with Crippen LogP contribution in [0.15, 0.2) is 62.6 Å². The van der Waals surface area contributed by atoms with Gasteiger partial charge >= 0.3 is 11.6 Å². The van der Waals surface area contributed by atoms with Crippen molar-refractivity contribution in [3.05, 3.63) is 80.5 Å². The molecule has 2 aromatic carbocycles. The molecular formula is C24H23NO4S. The smallest absolute Gasteiger partial charge is 0.346 e. The molecule has 0 spiro atoms. The van der Waals surface area contributed by atoms with Gasteiger partial charge in [-0.2, -0.15) is 0 Å². The predicted octanol–water partition coefficient (Wildman–Crippen LogP) is 5.79. The Hall–Kier alpha value is -3.12. The van der Waals surface area contributed by atoms with Gasteiger partial charge in [-0.05, 0) is 53.1 Å². The average Bonchev–Trinajstić information content (AvgIpc) is 2.72. The average molecular weight is 422 g/mol. The van der Waals surface area contributed by atoms with E-state index in [2.05, 4.69) is 31.2 Å². The van der Waals surface area contributed by atoms with E-state index in [0.717, 1.165) is 23.3 Å². The molecule has 0 saturated heterocycles. The van der Waals surface area contributed by atoms with Crippen LogP contribution in [0.4, 0.5) is 0 Å². The number of rotatable bonds is 6. The second-order valence-electron chi connectivity index (χ2n) is 6.73. The van der Waals surface area contributed by atoms with Crippen LogP contribution in [0.2, 0.25) is 0 Å². The highest BCUT2D eigenvalue weighted by atomic mass is 32.2. The molecule has 30 heavy (non-hydrogen) atoms. The third kappa shape index (κ3) is 5.27. The van der Waals surface area contributed by atoms with E-state index < -0.39 is 11.6 Å². The van der Waals surface area contributed by atoms with Gasteiger partial charge in [-0.1, -0.05) is 49.9 Å². The van der Waals surface area contributed by atoms with Gasteiger partial charge in [0.25, 0.3) is 0 Å². The van der Waals surface area contributed by atoms with Gasteiger partial charge in [-0.25, -0.2) is 4.79 Å². The molecule has 0 bridgehead atoms. The maximum Gasteiger partial charge on any atom is 0.346 e. The van der Waals surface area contributed by atoms with E-state index in [0.29, 0.717) is 16.7 Å². The van der Waals surface area contributed by atoms with Crippen LogP contribution in [-0.2, 0) is 11.2 Å². The summed E-state index contributed by atoms with van der Waals surface area (Å²) in [6.07, 6.45) is 3.77. The minimum atomic E-state index is -0.595. The van der Waals surface area contributed by atoms with Gasteiger partial charge in [-0.3, -0.25) is 10.2 Å². The summed E-state index contributed by atoms with van der Waals surface area (Å²) in [7, 11) is 0. The first-order chi connectivity index (χ1) is 14.4. The Bertz CT molecular complexity index is 1180. The number of ether oxygens (including phenoxy) is 1. The van der Waals surface area contributed by atoms with Crippen molar-refractivity contribution in [3.8, 4) is 5.75 Å². The number of fused-ring (bicyclic) bond motifs is 1. The number of allylic oxidation sites excluding steroid dienone is 1. The van der Waals surface area contributed by atoms with Crippen molar-refractivity contribution in [1.82, 2.24) is 0 Å². The lowest BCUT2D eigenvalue weighted by Crippen LogP contribution is -2.11. The Kier molecular flexibility index (Phi) is 6.90. The van der Waals surface area contributed by atoms with Gasteiger partial charge in [0.2, 0.25) is 0 Å². The van der Waals surface area contributed by atoms with Crippen molar-refractivity contribution in [1.29, 1.82) is 5.41 Å². The number of hydrogen-bond acceptors (Lipinski definition) is 6. The Balaban J connectivity index is 1.85. The zero-order valence-electron chi connectivity index (χ0n) is 17.2. The minimum Gasteiger partial charge on any atom is -0.427 e. The van der Waals surface area contributed by atoms with Crippen LogP contribution in [0.25, 0.3) is 17.0 Å². The molecule has 0 radical (unpaired) electrons. The van der Waals surface area contributed by atoms with Crippen LogP contribution in [0.1, 0.15) is 43.9 Å². The summed E-state index contributed by atoms with van der Waals surface area (Å²) in [5.41, 5.74) is 2.25. The second-order valence-corrected chi connectivity index (χ2v) is 7.87. The zero-order chi connectivity index (χ0) is 21.7. The summed E-state index contributed by atoms with van der Waals surface area (Å²) in [4.78, 5) is 24.5. The molecule has 154 valence electrons. The molecule has 1 N–H and O–H groups in total. The topological polar surface area (TPSA) is 80.4 Å². The molecule has 0 atom stereocenters. The Morgan fingerprint density at radius 1 is 1.13 bits per heavy atom. The fourth-order valence-corrected chi connectivity index (χ4v) is 3.76. The lowest BCUT2D eigenvalue weighted by Gasteiger charge is -2.08. The molecule has 3 rings (SSSR count). The minimum absolute atomic E-state index is 0.132. The lowest BCUT2D eigenvalue weighted by atomic mass is 10.1. The van der Waals surface area contributed by atoms with Gasteiger partial charge in [0.05, 0.1) is 5.56 Å². The molecule has 6 heteroatoms. The Labute approximate surface area is 179 Å². The number of benzene rings is 2. The van der Waals surface area contributed by atoms with Crippen LogP contribution >= 0.6 is 11.8 Å². The number of esters is 1. The summed E-state index contributed by atoms with van der Waals surface area (Å²) >= 11 is 1.25. The Morgan fingerprint density at radius 2 is 1.87 bits per heavy atom. The van der Waals surface area contributed by atoms with Crippen LogP contribution < -0.4 is 10.4 Å². The van der Waals surface area contributed by atoms with E-state index in [1.807, 2.05) is 13.0 Å². The van der Waals surface area contributed by atoms with Crippen molar-refractivity contribution in [2.45, 2.75) is 33.6 Å². The largest absolute Gasteiger partial charge is 0.427 e. The van der Waals surface area contributed by atoms with E-state index >= 15 is 0 Å². The van der Waals surface area contributed by atoms with Crippen molar-refractivity contribution in [2.75, 3.05) is 0 Å². The van der Waals surface area contributed by atoms with E-state index in [4.69, 9.17) is 14.6 Å². The van der Waals surface area contributed by atoms with E-state index in [9.17, 15) is 9.59 Å². The third-order valence-corrected chi connectivity index (χ3v) is 5.60. The lowest BCUT2D eigenvalue weighted by molar-refractivity contribution is -0.131. The maximum absolute atomic E-state index is 12.5. The van der Waals surface area contributed by atoms with Crippen molar-refractivity contribution >= 4 is 39.8 Å². The predicted molar refractivity (Wildman–Crippen MR) is 122 cm³/mol. The highest BCUT2D eigenvalue weighted by molar-refractivity contribution is 8.17. The molecule has 0 aliphatic rings. The van der Waals surface area contributed by atoms with Gasteiger partial charge in [0, 0.05) is 18.4 Å². The van der Waals surface area contributed by atoms with Gasteiger partial charge in [0.15, 0.2) is 0 Å². The quantitative estimate of drug-likeness (QED) is 0.179. The number of carbonyl (C=O) groups is 1. The van der Waals surface area contributed by atoms with Gasteiger partial charge in [0.1, 0.15) is 16.4 Å². The first kappa shape index (κ1) is 21.6. The maximum atomic E-state index is 12.5. The molecule has 0 aliphatic heterocycles. The fourth-order valence-electron chi connectivity index (χ4n) is 2.90. The van der Waals surface area contributed by atoms with Crippen LogP contribution in [0.5, 0.6) is 5.75 Å². The number of nitrogens with one attached hydrogen (secondary N) is 1. The van der Waals surface area contributed by atoms with Gasteiger partial charge < -0.3 is 9.15 Å². The summed E-state index contributed by atoms with van der Waals surface area (Å²) < 4.78 is 10.4. The first-order valence-corrected chi connectivity index (χ1v) is 10.5. The van der Waals surface area contributed by atoms with Crippen molar-refractivity contribution in [2.24, 2.45) is 0 Å². The Morgan fingerprint density at radius 3 is 2.50 bits per heavy atom. The number of thioether (sulfide) groups is 1. The molecule has 0 fully saturated rings. The van der Waals surface area contributed by atoms with Crippen LogP contribution in [-0.4, -0.2) is 11.0 Å². The third-order valence-electron chi connectivity index (χ3n) is 4.51. The monoisotopic (exact) mass is 421 g/mol. The standard InChI is InChI=1S/C24H23NO4S/c1-4-16-6-8-17(9-7-16)12-20(5-2)30-23(25)21-13-18-10-11-19(28-15(3)26)14-22(18)29-24(21)27/h6-14,25H,4-5H2,1-3H3/b20-12+,25-23?. The number of carbonyl (C=O) groups excluding carboxylic acids is 1. The second kappa shape index (κ2) is 9.59. The normalized spacial score (nSPS) is 11.5. The highest BCUT2D eigenvalue weighted by Crippen LogP contribution is 2.27. The number of hydrogen-bond donors (Lipinski definition) is 1. The molecule has 1 aromatic heterocycles. The molecule has 0 unspecified atom stereocenters.